The number of amides is 2. The molecule has 2 amide bonds. The van der Waals surface area contributed by atoms with E-state index in [0.717, 1.165) is 53.6 Å². The number of rotatable bonds is 19. The van der Waals surface area contributed by atoms with Gasteiger partial charge in [-0.25, -0.2) is 9.59 Å². The average molecular weight is 1190 g/mol. The number of ether oxygens (including phenoxy) is 5. The predicted molar refractivity (Wildman–Crippen MR) is 281 cm³/mol. The maximum absolute atomic E-state index is 12.7. The first-order valence-electron chi connectivity index (χ1n) is 23.0. The largest absolute Gasteiger partial charge is 0.480 e. The number of halogens is 7. The molecule has 1 aliphatic heterocycles. The molecule has 426 valence electrons. The van der Waals surface area contributed by atoms with Gasteiger partial charge in [-0.05, 0) is 95.0 Å². The van der Waals surface area contributed by atoms with Gasteiger partial charge in [-0.1, -0.05) is 59.9 Å². The molecule has 28 heteroatoms. The van der Waals surface area contributed by atoms with E-state index < -0.39 is 76.4 Å². The Kier molecular flexibility index (Phi) is 27.4. The van der Waals surface area contributed by atoms with Gasteiger partial charge in [-0.2, -0.15) is 13.2 Å². The highest BCUT2D eigenvalue weighted by molar-refractivity contribution is 7.57. The molecule has 4 aromatic rings. The molecule has 4 unspecified atom stereocenters. The van der Waals surface area contributed by atoms with E-state index in [1.807, 2.05) is 32.0 Å². The van der Waals surface area contributed by atoms with Gasteiger partial charge in [0.05, 0.1) is 53.3 Å². The maximum Gasteiger partial charge on any atom is 0.416 e. The Morgan fingerprint density at radius 3 is 2.22 bits per heavy atom. The summed E-state index contributed by atoms with van der Waals surface area (Å²) in [5, 5.41) is 19.1. The van der Waals surface area contributed by atoms with E-state index in [1.54, 1.807) is 38.2 Å². The first-order valence-corrected chi connectivity index (χ1v) is 27.1. The molecule has 1 saturated heterocycles. The molecule has 20 nitrogen and oxygen atoms in total. The molecule has 0 aliphatic carbocycles. The van der Waals surface area contributed by atoms with Crippen LogP contribution < -0.4 is 15.4 Å². The van der Waals surface area contributed by atoms with Gasteiger partial charge < -0.3 is 53.6 Å². The van der Waals surface area contributed by atoms with Gasteiger partial charge in [-0.3, -0.25) is 29.1 Å². The molecule has 77 heavy (non-hydrogen) atoms. The van der Waals surface area contributed by atoms with Crippen LogP contribution in [0.4, 0.5) is 24.5 Å². The van der Waals surface area contributed by atoms with Gasteiger partial charge in [0.25, 0.3) is 11.6 Å². The molecule has 0 saturated carbocycles. The second kappa shape index (κ2) is 31.2. The van der Waals surface area contributed by atoms with Crippen LogP contribution in [0.15, 0.2) is 77.4 Å². The highest BCUT2D eigenvalue weighted by Gasteiger charge is 2.45. The lowest BCUT2D eigenvalue weighted by Gasteiger charge is -2.31. The normalized spacial score (nSPS) is 15.1. The van der Waals surface area contributed by atoms with Crippen LogP contribution in [0.3, 0.4) is 0 Å². The number of methoxy groups -OCH3 is 1. The molecule has 3 aromatic carbocycles. The van der Waals surface area contributed by atoms with Gasteiger partial charge in [-0.15, -0.1) is 11.6 Å². The average Bonchev–Trinajstić information content (AvgIpc) is 4.01. The first-order chi connectivity index (χ1) is 35.8. The fourth-order valence-electron chi connectivity index (χ4n) is 6.95. The van der Waals surface area contributed by atoms with Crippen molar-refractivity contribution >= 4 is 94.9 Å². The molecule has 0 radical (unpaired) electrons. The van der Waals surface area contributed by atoms with Crippen LogP contribution in [0.1, 0.15) is 80.0 Å². The Hall–Kier alpha value is -5.49. The number of aryl methyl sites for hydroxylation is 2. The fourth-order valence-corrected chi connectivity index (χ4v) is 8.29. The van der Waals surface area contributed by atoms with Crippen LogP contribution in [0.25, 0.3) is 0 Å². The molecular weight excluding hydrogens is 1130 g/mol. The highest BCUT2D eigenvalue weighted by Crippen LogP contribution is 2.39. The topological polar surface area (TPSA) is 278 Å². The standard InChI is InChI=1S/C18H13ClF3NO7.C15H22ClNO2.C11H13Cl2NO3.C5H12NO4P/c1-2-28-16(24)9-29-17(25)12-8-11(4-5-14(12)23(26)27)30-15-6-3-10(7-13(15)19)18(20,21)22;1-5-13-8-6-7-11(2)15(13)17(14(18)9-16)12(3)10-19-4;1-11(2)14(10(15)9(12)13)6-8(17-11)7-4-3-5-16-7;1-11(9,10)3-2-4(6)5(7)8/h3-8H,2,9H2,1H3;6-8,12H,5,9-10H2,1-4H3;3-5,8-9H,6H2,1-2H3;4H,2-3,6H2,1H3,(H,7,8)(H,9,10). The van der Waals surface area contributed by atoms with E-state index in [1.165, 1.54) is 18.5 Å². The lowest BCUT2D eigenvalue weighted by atomic mass is 10.0. The summed E-state index contributed by atoms with van der Waals surface area (Å²) >= 11 is 22.8. The quantitative estimate of drug-likeness (QED) is 0.0259. The molecule has 0 bridgehead atoms. The number of nitrogens with two attached hydrogens (primary N) is 1. The van der Waals surface area contributed by atoms with Crippen LogP contribution in [0, 0.1) is 17.0 Å². The Labute approximate surface area is 462 Å². The van der Waals surface area contributed by atoms with Crippen molar-refractivity contribution in [1.29, 1.82) is 0 Å². The first kappa shape index (κ1) is 67.6. The number of carbonyl (C=O) groups excluding carboxylic acids is 4. The number of hydrogen-bond donors (Lipinski definition) is 3. The number of carboxylic acids is 1. The van der Waals surface area contributed by atoms with Gasteiger partial charge in [0.2, 0.25) is 5.91 Å². The Morgan fingerprint density at radius 1 is 1.05 bits per heavy atom. The minimum Gasteiger partial charge on any atom is -0.480 e. The number of aliphatic carboxylic acids is 1. The number of nitro groups is 1. The van der Waals surface area contributed by atoms with Crippen LogP contribution >= 0.6 is 53.8 Å². The Balaban J connectivity index is 0.000000374. The minimum absolute atomic E-state index is 0.0223. The van der Waals surface area contributed by atoms with Crippen LogP contribution in [-0.4, -0.2) is 124 Å². The number of esters is 2. The second-order valence-electron chi connectivity index (χ2n) is 17.0. The van der Waals surface area contributed by atoms with E-state index in [-0.39, 0.29) is 65.6 Å². The Morgan fingerprint density at radius 2 is 1.71 bits per heavy atom. The van der Waals surface area contributed by atoms with Gasteiger partial charge in [0.15, 0.2) is 18.8 Å². The minimum atomic E-state index is -4.61. The smallest absolute Gasteiger partial charge is 0.416 e. The summed E-state index contributed by atoms with van der Waals surface area (Å²) in [6, 6.07) is 14.0. The molecule has 0 spiro atoms. The fraction of sp³-hybridized carbons (Fsp3) is 0.449. The third-order valence-electron chi connectivity index (χ3n) is 10.6. The van der Waals surface area contributed by atoms with Gasteiger partial charge in [0, 0.05) is 32.1 Å². The number of alkyl halides is 6. The zero-order chi connectivity index (χ0) is 58.6. The number of hydrogen-bond acceptors (Lipinski definition) is 15. The van der Waals surface area contributed by atoms with E-state index >= 15 is 0 Å². The van der Waals surface area contributed by atoms with Crippen LogP contribution in [-0.2, 0) is 55.3 Å². The second-order valence-corrected chi connectivity index (χ2v) is 21.3. The molecule has 1 aliphatic rings. The van der Waals surface area contributed by atoms with Crippen molar-refractivity contribution < 1.29 is 84.7 Å². The summed E-state index contributed by atoms with van der Waals surface area (Å²) in [5.74, 6) is -3.27. The monoisotopic (exact) mass is 1190 g/mol. The number of benzene rings is 3. The number of nitrogens with zero attached hydrogens (tertiary/aromatic N) is 3. The van der Waals surface area contributed by atoms with Gasteiger partial charge >= 0.3 is 24.1 Å². The van der Waals surface area contributed by atoms with Gasteiger partial charge in [0.1, 0.15) is 46.6 Å². The number of para-hydroxylation sites is 1. The van der Waals surface area contributed by atoms with Crippen molar-refractivity contribution in [3.8, 4) is 11.5 Å². The number of furan rings is 1. The number of anilines is 1. The predicted octanol–water partition coefficient (Wildman–Crippen LogP) is 10.4. The van der Waals surface area contributed by atoms with Crippen molar-refractivity contribution in [3.63, 3.8) is 0 Å². The van der Waals surface area contributed by atoms with E-state index in [2.05, 4.69) is 17.7 Å². The van der Waals surface area contributed by atoms with Crippen molar-refractivity contribution in [2.75, 3.05) is 57.1 Å². The third-order valence-corrected chi connectivity index (χ3v) is 12.6. The molecule has 1 aromatic heterocycles. The number of nitro benzene ring substituents is 1. The molecule has 5 rings (SSSR count). The van der Waals surface area contributed by atoms with E-state index in [0.29, 0.717) is 25.0 Å². The molecule has 2 heterocycles. The third kappa shape index (κ3) is 21.7. The summed E-state index contributed by atoms with van der Waals surface area (Å²) in [4.78, 5) is 78.9. The molecule has 4 N–H and O–H groups in total. The van der Waals surface area contributed by atoms with Crippen molar-refractivity contribution in [2.45, 2.75) is 89.3 Å². The zero-order valence-corrected chi connectivity index (χ0v) is 46.9. The van der Waals surface area contributed by atoms with E-state index in [4.69, 9.17) is 85.5 Å². The highest BCUT2D eigenvalue weighted by atomic mass is 35.5. The summed E-state index contributed by atoms with van der Waals surface area (Å²) in [7, 11) is -1.47. The molecule has 4 atom stereocenters. The molecule has 1 fully saturated rings. The maximum atomic E-state index is 12.7. The van der Waals surface area contributed by atoms with Crippen molar-refractivity contribution in [3.05, 3.63) is 116 Å². The van der Waals surface area contributed by atoms with Crippen LogP contribution in [0.5, 0.6) is 11.5 Å². The number of carboxylic acid groups (broad SMARTS) is 1. The zero-order valence-electron chi connectivity index (χ0n) is 43.0. The Bertz CT molecular complexity index is 2680. The summed E-state index contributed by atoms with van der Waals surface area (Å²) in [6.45, 7) is 12.5. The lowest BCUT2D eigenvalue weighted by Crippen LogP contribution is -2.45. The van der Waals surface area contributed by atoms with Crippen molar-refractivity contribution in [2.24, 2.45) is 5.73 Å². The summed E-state index contributed by atoms with van der Waals surface area (Å²) < 4.78 is 79.6. The van der Waals surface area contributed by atoms with Crippen molar-refractivity contribution in [1.82, 2.24) is 4.90 Å². The summed E-state index contributed by atoms with van der Waals surface area (Å²) in [5.41, 5.74) is 5.40. The SMILES string of the molecule is CC1(C)OC(c2ccco2)CN1C(=O)C(Cl)Cl.CCOC(=O)COC(=O)c1cc(Oc2ccc(C(F)(F)F)cc2Cl)ccc1[N+](=O)[O-].CCc1cccc(C)c1N(C(=O)CCl)C(C)COC.CP(=O)(O)CCC(N)C(=O)O. The van der Waals surface area contributed by atoms with E-state index in [9.17, 15) is 51.8 Å². The summed E-state index contributed by atoms with van der Waals surface area (Å²) in [6.07, 6.45) is -2.44. The van der Waals surface area contributed by atoms with Crippen LogP contribution in [0.2, 0.25) is 5.02 Å². The molecular formula is C49H60Cl4F3N4O16P. The lowest BCUT2D eigenvalue weighted by molar-refractivity contribution is -0.385. The number of carbonyl (C=O) groups is 5.